The maximum absolute atomic E-state index is 5.87. The third-order valence-electron chi connectivity index (χ3n) is 2.53. The second-order valence-electron chi connectivity index (χ2n) is 3.98. The second kappa shape index (κ2) is 6.19. The first kappa shape index (κ1) is 12.6. The van der Waals surface area contributed by atoms with E-state index in [4.69, 9.17) is 11.6 Å². The van der Waals surface area contributed by atoms with Crippen molar-refractivity contribution in [1.82, 2.24) is 15.1 Å². The van der Waals surface area contributed by atoms with Gasteiger partial charge >= 0.3 is 0 Å². The Labute approximate surface area is 110 Å². The lowest BCUT2D eigenvalue weighted by Crippen LogP contribution is -2.19. The molecule has 2 rings (SSSR count). The van der Waals surface area contributed by atoms with Crippen LogP contribution < -0.4 is 5.32 Å². The van der Waals surface area contributed by atoms with Gasteiger partial charge in [-0.25, -0.2) is 0 Å². The zero-order valence-electron chi connectivity index (χ0n) is 9.82. The van der Waals surface area contributed by atoms with E-state index in [-0.39, 0.29) is 0 Å². The second-order valence-corrected chi connectivity index (χ2v) is 5.78. The molecule has 0 bridgehead atoms. The predicted octanol–water partition coefficient (Wildman–Crippen LogP) is 2.51. The SMILES string of the molecule is Cn1cc(CCNCCc2ccc(Cl)s2)cn1. The van der Waals surface area contributed by atoms with Crippen LogP contribution in [0, 0.1) is 0 Å². The number of hydrogen-bond acceptors (Lipinski definition) is 3. The Bertz CT molecular complexity index is 422. The molecule has 0 spiro atoms. The van der Waals surface area contributed by atoms with Gasteiger partial charge in [0.15, 0.2) is 0 Å². The van der Waals surface area contributed by atoms with Crippen molar-refractivity contribution in [2.24, 2.45) is 7.05 Å². The highest BCUT2D eigenvalue weighted by atomic mass is 35.5. The molecule has 0 fully saturated rings. The summed E-state index contributed by atoms with van der Waals surface area (Å²) in [5.41, 5.74) is 1.28. The normalized spacial score (nSPS) is 10.9. The van der Waals surface area contributed by atoms with Gasteiger partial charge in [0.05, 0.1) is 10.5 Å². The van der Waals surface area contributed by atoms with Crippen LogP contribution >= 0.6 is 22.9 Å². The molecule has 0 amide bonds. The van der Waals surface area contributed by atoms with Gasteiger partial charge in [-0.3, -0.25) is 4.68 Å². The molecule has 0 atom stereocenters. The zero-order valence-corrected chi connectivity index (χ0v) is 11.4. The van der Waals surface area contributed by atoms with E-state index in [1.807, 2.05) is 24.0 Å². The molecule has 92 valence electrons. The van der Waals surface area contributed by atoms with Gasteiger partial charge in [0.1, 0.15) is 0 Å². The summed E-state index contributed by atoms with van der Waals surface area (Å²) in [7, 11) is 1.94. The average molecular weight is 270 g/mol. The highest BCUT2D eigenvalue weighted by molar-refractivity contribution is 7.16. The van der Waals surface area contributed by atoms with Crippen molar-refractivity contribution in [3.05, 3.63) is 39.3 Å². The van der Waals surface area contributed by atoms with Crippen molar-refractivity contribution >= 4 is 22.9 Å². The fourth-order valence-electron chi connectivity index (χ4n) is 1.66. The lowest BCUT2D eigenvalue weighted by atomic mass is 10.2. The zero-order chi connectivity index (χ0) is 12.1. The molecule has 0 saturated heterocycles. The number of halogens is 1. The molecule has 0 aliphatic rings. The van der Waals surface area contributed by atoms with Gasteiger partial charge in [-0.1, -0.05) is 11.6 Å². The minimum absolute atomic E-state index is 0.871. The number of aromatic nitrogens is 2. The van der Waals surface area contributed by atoms with Gasteiger partial charge in [-0.2, -0.15) is 5.10 Å². The van der Waals surface area contributed by atoms with Gasteiger partial charge in [-0.05, 0) is 43.6 Å². The van der Waals surface area contributed by atoms with E-state index in [2.05, 4.69) is 22.7 Å². The molecule has 0 saturated carbocycles. The summed E-state index contributed by atoms with van der Waals surface area (Å²) >= 11 is 7.53. The van der Waals surface area contributed by atoms with E-state index >= 15 is 0 Å². The first-order chi connectivity index (χ1) is 8.24. The van der Waals surface area contributed by atoms with E-state index in [0.29, 0.717) is 0 Å². The van der Waals surface area contributed by atoms with E-state index in [1.54, 1.807) is 11.3 Å². The largest absolute Gasteiger partial charge is 0.316 e. The summed E-state index contributed by atoms with van der Waals surface area (Å²) in [4.78, 5) is 1.34. The van der Waals surface area contributed by atoms with Crippen LogP contribution in [0.5, 0.6) is 0 Å². The first-order valence-corrected chi connectivity index (χ1v) is 6.86. The van der Waals surface area contributed by atoms with Crippen LogP contribution in [0.15, 0.2) is 24.5 Å². The Morgan fingerprint density at radius 3 is 2.82 bits per heavy atom. The maximum Gasteiger partial charge on any atom is 0.0931 e. The molecule has 0 aliphatic carbocycles. The van der Waals surface area contributed by atoms with E-state index < -0.39 is 0 Å². The molecule has 0 radical (unpaired) electrons. The molecule has 1 N–H and O–H groups in total. The summed E-state index contributed by atoms with van der Waals surface area (Å²) in [5, 5.41) is 7.57. The van der Waals surface area contributed by atoms with Crippen molar-refractivity contribution in [2.45, 2.75) is 12.8 Å². The highest BCUT2D eigenvalue weighted by Gasteiger charge is 1.98. The molecule has 3 nitrogen and oxygen atoms in total. The quantitative estimate of drug-likeness (QED) is 0.817. The van der Waals surface area contributed by atoms with Gasteiger partial charge in [-0.15, -0.1) is 11.3 Å². The third-order valence-corrected chi connectivity index (χ3v) is 3.82. The van der Waals surface area contributed by atoms with Crippen molar-refractivity contribution in [3.8, 4) is 0 Å². The topological polar surface area (TPSA) is 29.9 Å². The highest BCUT2D eigenvalue weighted by Crippen LogP contribution is 2.21. The van der Waals surface area contributed by atoms with Crippen molar-refractivity contribution in [3.63, 3.8) is 0 Å². The minimum atomic E-state index is 0.871. The van der Waals surface area contributed by atoms with Gasteiger partial charge in [0, 0.05) is 18.1 Å². The number of nitrogens with zero attached hydrogens (tertiary/aromatic N) is 2. The Morgan fingerprint density at radius 2 is 2.18 bits per heavy atom. The standard InChI is InChI=1S/C12H16ClN3S/c1-16-9-10(8-15-16)4-6-14-7-5-11-2-3-12(13)17-11/h2-3,8-9,14H,4-7H2,1H3. The lowest BCUT2D eigenvalue weighted by Gasteiger charge is -2.01. The summed E-state index contributed by atoms with van der Waals surface area (Å²) < 4.78 is 2.71. The number of hydrogen-bond donors (Lipinski definition) is 1. The van der Waals surface area contributed by atoms with Crippen LogP contribution in [0.25, 0.3) is 0 Å². The van der Waals surface area contributed by atoms with Gasteiger partial charge < -0.3 is 5.32 Å². The fraction of sp³-hybridized carbons (Fsp3) is 0.417. The van der Waals surface area contributed by atoms with Crippen molar-refractivity contribution in [1.29, 1.82) is 0 Å². The smallest absolute Gasteiger partial charge is 0.0931 e. The van der Waals surface area contributed by atoms with Gasteiger partial charge in [0.2, 0.25) is 0 Å². The maximum atomic E-state index is 5.87. The molecule has 0 unspecified atom stereocenters. The summed E-state index contributed by atoms with van der Waals surface area (Å²) in [6, 6.07) is 4.05. The molecular formula is C12H16ClN3S. The summed E-state index contributed by atoms with van der Waals surface area (Å²) in [6.45, 7) is 1.99. The van der Waals surface area contributed by atoms with Crippen LogP contribution in [-0.2, 0) is 19.9 Å². The van der Waals surface area contributed by atoms with E-state index in [0.717, 1.165) is 30.3 Å². The fourth-order valence-corrected chi connectivity index (χ4v) is 2.74. The monoisotopic (exact) mass is 269 g/mol. The van der Waals surface area contributed by atoms with Crippen LogP contribution in [0.3, 0.4) is 0 Å². The van der Waals surface area contributed by atoms with Crippen LogP contribution in [0.1, 0.15) is 10.4 Å². The molecule has 5 heteroatoms. The molecule has 2 aromatic rings. The average Bonchev–Trinajstić information content (AvgIpc) is 2.88. The Balaban J connectivity index is 1.60. The number of rotatable bonds is 6. The molecule has 0 aromatic carbocycles. The Hall–Kier alpha value is -0.840. The summed E-state index contributed by atoms with van der Waals surface area (Å²) in [6.07, 6.45) is 6.05. The minimum Gasteiger partial charge on any atom is -0.316 e. The molecule has 2 aromatic heterocycles. The number of aryl methyl sites for hydroxylation is 1. The molecule has 2 heterocycles. The van der Waals surface area contributed by atoms with Crippen molar-refractivity contribution in [2.75, 3.05) is 13.1 Å². The molecule has 0 aliphatic heterocycles. The van der Waals surface area contributed by atoms with Crippen molar-refractivity contribution < 1.29 is 0 Å². The van der Waals surface area contributed by atoms with Gasteiger partial charge in [0.25, 0.3) is 0 Å². The first-order valence-electron chi connectivity index (χ1n) is 5.66. The lowest BCUT2D eigenvalue weighted by molar-refractivity contribution is 0.684. The number of nitrogens with one attached hydrogen (secondary N) is 1. The van der Waals surface area contributed by atoms with Crippen LogP contribution in [-0.4, -0.2) is 22.9 Å². The molecule has 17 heavy (non-hydrogen) atoms. The predicted molar refractivity (Wildman–Crippen MR) is 72.8 cm³/mol. The number of thiophene rings is 1. The third kappa shape index (κ3) is 4.15. The molecular weight excluding hydrogens is 254 g/mol. The van der Waals surface area contributed by atoms with E-state index in [9.17, 15) is 0 Å². The van der Waals surface area contributed by atoms with Crippen LogP contribution in [0.4, 0.5) is 0 Å². The van der Waals surface area contributed by atoms with E-state index in [1.165, 1.54) is 10.4 Å². The van der Waals surface area contributed by atoms with Crippen LogP contribution in [0.2, 0.25) is 4.34 Å². The summed E-state index contributed by atoms with van der Waals surface area (Å²) in [5.74, 6) is 0. The Kier molecular flexibility index (Phi) is 4.59. The Morgan fingerprint density at radius 1 is 1.35 bits per heavy atom.